The van der Waals surface area contributed by atoms with Gasteiger partial charge in [-0.2, -0.15) is 0 Å². The van der Waals surface area contributed by atoms with Gasteiger partial charge in [0.1, 0.15) is 0 Å². The molecular weight excluding hydrogens is 190 g/mol. The molecule has 0 saturated heterocycles. The van der Waals surface area contributed by atoms with E-state index in [4.69, 9.17) is 4.74 Å². The molecule has 2 N–H and O–H groups in total. The molecular formula is C12H25NO2. The molecule has 3 nitrogen and oxygen atoms in total. The molecule has 0 aromatic heterocycles. The van der Waals surface area contributed by atoms with Crippen LogP contribution in [0.2, 0.25) is 0 Å². The number of unbranched alkanes of at least 4 members (excludes halogenated alkanes) is 2. The Morgan fingerprint density at radius 3 is 2.53 bits per heavy atom. The summed E-state index contributed by atoms with van der Waals surface area (Å²) in [6, 6.07) is 0. The van der Waals surface area contributed by atoms with E-state index >= 15 is 0 Å². The monoisotopic (exact) mass is 215 g/mol. The fraction of sp³-hybridized carbons (Fsp3) is 1.00. The van der Waals surface area contributed by atoms with Gasteiger partial charge in [0.2, 0.25) is 0 Å². The zero-order valence-corrected chi connectivity index (χ0v) is 9.93. The molecule has 1 saturated carbocycles. The van der Waals surface area contributed by atoms with Crippen molar-refractivity contribution in [2.45, 2.75) is 50.5 Å². The maximum Gasteiger partial charge on any atom is 0.0613 e. The molecule has 1 aliphatic carbocycles. The summed E-state index contributed by atoms with van der Waals surface area (Å²) in [7, 11) is 1.75. The van der Waals surface area contributed by atoms with E-state index in [1.807, 2.05) is 0 Å². The number of hydrogen-bond donors (Lipinski definition) is 2. The SMILES string of the molecule is COCCCCCNC1(CO)CCCC1. The molecule has 1 fully saturated rings. The average Bonchev–Trinajstić information content (AvgIpc) is 2.73. The van der Waals surface area contributed by atoms with Crippen molar-refractivity contribution in [1.29, 1.82) is 0 Å². The van der Waals surface area contributed by atoms with Crippen LogP contribution in [-0.4, -0.2) is 37.5 Å². The van der Waals surface area contributed by atoms with Crippen molar-refractivity contribution in [2.24, 2.45) is 0 Å². The third kappa shape index (κ3) is 4.49. The summed E-state index contributed by atoms with van der Waals surface area (Å²) < 4.78 is 5.00. The van der Waals surface area contributed by atoms with Crippen LogP contribution in [0.5, 0.6) is 0 Å². The standard InChI is InChI=1S/C12H25NO2/c1-15-10-6-2-5-9-13-12(11-14)7-3-4-8-12/h13-14H,2-11H2,1H3. The van der Waals surface area contributed by atoms with E-state index in [1.165, 1.54) is 25.7 Å². The summed E-state index contributed by atoms with van der Waals surface area (Å²) in [4.78, 5) is 0. The fourth-order valence-corrected chi connectivity index (χ4v) is 2.34. The third-order valence-corrected chi connectivity index (χ3v) is 3.39. The van der Waals surface area contributed by atoms with Crippen molar-refractivity contribution < 1.29 is 9.84 Å². The molecule has 1 aliphatic rings. The maximum atomic E-state index is 9.37. The lowest BCUT2D eigenvalue weighted by molar-refractivity contribution is 0.162. The van der Waals surface area contributed by atoms with Crippen LogP contribution in [0.25, 0.3) is 0 Å². The Labute approximate surface area is 93.2 Å². The van der Waals surface area contributed by atoms with Gasteiger partial charge in [-0.3, -0.25) is 0 Å². The predicted molar refractivity (Wildman–Crippen MR) is 62.0 cm³/mol. The Morgan fingerprint density at radius 2 is 1.93 bits per heavy atom. The number of methoxy groups -OCH3 is 1. The minimum Gasteiger partial charge on any atom is -0.394 e. The van der Waals surface area contributed by atoms with Gasteiger partial charge in [-0.15, -0.1) is 0 Å². The molecule has 3 heteroatoms. The van der Waals surface area contributed by atoms with E-state index < -0.39 is 0 Å². The first-order chi connectivity index (χ1) is 7.33. The van der Waals surface area contributed by atoms with E-state index in [0.717, 1.165) is 32.4 Å². The number of ether oxygens (including phenoxy) is 1. The number of aliphatic hydroxyl groups is 1. The van der Waals surface area contributed by atoms with Gasteiger partial charge in [-0.05, 0) is 38.6 Å². The highest BCUT2D eigenvalue weighted by molar-refractivity contribution is 4.91. The molecule has 0 heterocycles. The van der Waals surface area contributed by atoms with Gasteiger partial charge in [-0.25, -0.2) is 0 Å². The second-order valence-corrected chi connectivity index (χ2v) is 4.63. The summed E-state index contributed by atoms with van der Waals surface area (Å²) in [6.07, 6.45) is 8.34. The lowest BCUT2D eigenvalue weighted by Gasteiger charge is -2.28. The summed E-state index contributed by atoms with van der Waals surface area (Å²) in [6.45, 7) is 2.19. The Bertz CT molecular complexity index is 156. The third-order valence-electron chi connectivity index (χ3n) is 3.39. The van der Waals surface area contributed by atoms with Crippen molar-refractivity contribution in [3.8, 4) is 0 Å². The van der Waals surface area contributed by atoms with Crippen LogP contribution in [0.15, 0.2) is 0 Å². The van der Waals surface area contributed by atoms with Crippen LogP contribution in [-0.2, 0) is 4.74 Å². The van der Waals surface area contributed by atoms with Crippen molar-refractivity contribution in [1.82, 2.24) is 5.32 Å². The molecule has 0 bridgehead atoms. The zero-order chi connectivity index (χ0) is 11.0. The summed E-state index contributed by atoms with van der Waals surface area (Å²) in [5, 5.41) is 12.9. The first-order valence-electron chi connectivity index (χ1n) is 6.18. The average molecular weight is 215 g/mol. The molecule has 90 valence electrons. The Morgan fingerprint density at radius 1 is 1.20 bits per heavy atom. The fourth-order valence-electron chi connectivity index (χ4n) is 2.34. The number of nitrogens with one attached hydrogen (secondary N) is 1. The van der Waals surface area contributed by atoms with E-state index in [9.17, 15) is 5.11 Å². The van der Waals surface area contributed by atoms with E-state index in [-0.39, 0.29) is 5.54 Å². The largest absolute Gasteiger partial charge is 0.394 e. The lowest BCUT2D eigenvalue weighted by atomic mass is 9.99. The highest BCUT2D eigenvalue weighted by Crippen LogP contribution is 2.28. The molecule has 15 heavy (non-hydrogen) atoms. The molecule has 1 rings (SSSR count). The number of rotatable bonds is 8. The van der Waals surface area contributed by atoms with E-state index in [2.05, 4.69) is 5.32 Å². The van der Waals surface area contributed by atoms with Crippen molar-refractivity contribution in [3.63, 3.8) is 0 Å². The van der Waals surface area contributed by atoms with Crippen molar-refractivity contribution in [3.05, 3.63) is 0 Å². The summed E-state index contributed by atoms with van der Waals surface area (Å²) in [5.74, 6) is 0. The molecule has 0 amide bonds. The molecule has 0 atom stereocenters. The van der Waals surface area contributed by atoms with Crippen LogP contribution in [0.1, 0.15) is 44.9 Å². The molecule has 0 unspecified atom stereocenters. The normalized spacial score (nSPS) is 19.6. The molecule has 0 aromatic rings. The zero-order valence-electron chi connectivity index (χ0n) is 9.93. The van der Waals surface area contributed by atoms with Crippen LogP contribution in [0, 0.1) is 0 Å². The van der Waals surface area contributed by atoms with Crippen molar-refractivity contribution >= 4 is 0 Å². The topological polar surface area (TPSA) is 41.5 Å². The van der Waals surface area contributed by atoms with E-state index in [0.29, 0.717) is 6.61 Å². The second-order valence-electron chi connectivity index (χ2n) is 4.63. The quantitative estimate of drug-likeness (QED) is 0.606. The molecule has 0 radical (unpaired) electrons. The lowest BCUT2D eigenvalue weighted by Crippen LogP contribution is -2.46. The highest BCUT2D eigenvalue weighted by atomic mass is 16.5. The first kappa shape index (κ1) is 12.9. The Hall–Kier alpha value is -0.120. The van der Waals surface area contributed by atoms with Crippen LogP contribution in [0.4, 0.5) is 0 Å². The molecule has 0 aliphatic heterocycles. The van der Waals surface area contributed by atoms with Crippen LogP contribution >= 0.6 is 0 Å². The van der Waals surface area contributed by atoms with Crippen LogP contribution in [0.3, 0.4) is 0 Å². The molecule has 0 aromatic carbocycles. The van der Waals surface area contributed by atoms with Gasteiger partial charge in [0.15, 0.2) is 0 Å². The first-order valence-corrected chi connectivity index (χ1v) is 6.18. The second kappa shape index (κ2) is 7.20. The number of hydrogen-bond acceptors (Lipinski definition) is 3. The van der Waals surface area contributed by atoms with Gasteiger partial charge >= 0.3 is 0 Å². The predicted octanol–water partition coefficient (Wildman–Crippen LogP) is 1.70. The van der Waals surface area contributed by atoms with E-state index in [1.54, 1.807) is 7.11 Å². The Kier molecular flexibility index (Phi) is 6.22. The number of aliphatic hydroxyl groups excluding tert-OH is 1. The Balaban J connectivity index is 2.02. The van der Waals surface area contributed by atoms with Crippen molar-refractivity contribution in [2.75, 3.05) is 26.9 Å². The van der Waals surface area contributed by atoms with Crippen LogP contribution < -0.4 is 5.32 Å². The van der Waals surface area contributed by atoms with Gasteiger partial charge in [0, 0.05) is 19.3 Å². The van der Waals surface area contributed by atoms with Gasteiger partial charge < -0.3 is 15.2 Å². The highest BCUT2D eigenvalue weighted by Gasteiger charge is 2.31. The van der Waals surface area contributed by atoms with Gasteiger partial charge in [0.05, 0.1) is 6.61 Å². The summed E-state index contributed by atoms with van der Waals surface area (Å²) >= 11 is 0. The maximum absolute atomic E-state index is 9.37. The van der Waals surface area contributed by atoms with Gasteiger partial charge in [0.25, 0.3) is 0 Å². The minimum atomic E-state index is 0.0568. The van der Waals surface area contributed by atoms with Gasteiger partial charge in [-0.1, -0.05) is 12.8 Å². The summed E-state index contributed by atoms with van der Waals surface area (Å²) in [5.41, 5.74) is 0.0568. The minimum absolute atomic E-state index is 0.0568. The smallest absolute Gasteiger partial charge is 0.0613 e. The molecule has 0 spiro atoms.